The van der Waals surface area contributed by atoms with Gasteiger partial charge in [0.2, 0.25) is 5.91 Å². The van der Waals surface area contributed by atoms with Gasteiger partial charge in [0.1, 0.15) is 0 Å². The third kappa shape index (κ3) is 4.60. The van der Waals surface area contributed by atoms with Gasteiger partial charge in [-0.3, -0.25) is 4.79 Å². The number of carbonyl (C=O) groups excluding carboxylic acids is 1. The van der Waals surface area contributed by atoms with Crippen LogP contribution in [-0.4, -0.2) is 19.0 Å². The molecule has 2 aromatic rings. The lowest BCUT2D eigenvalue weighted by molar-refractivity contribution is -0.116. The number of aryl methyl sites for hydroxylation is 1. The zero-order valence-corrected chi connectivity index (χ0v) is 14.4. The van der Waals surface area contributed by atoms with Crippen LogP contribution in [0.3, 0.4) is 0 Å². The zero-order valence-electron chi connectivity index (χ0n) is 14.4. The third-order valence-electron chi connectivity index (χ3n) is 4.66. The summed E-state index contributed by atoms with van der Waals surface area (Å²) in [5, 5.41) is 2.99. The molecular weight excluding hydrogens is 296 g/mol. The Kier molecular flexibility index (Phi) is 5.52. The van der Waals surface area contributed by atoms with Crippen LogP contribution in [0, 0.1) is 5.92 Å². The van der Waals surface area contributed by atoms with E-state index in [1.165, 1.54) is 24.1 Å². The molecule has 3 nitrogen and oxygen atoms in total. The highest BCUT2D eigenvalue weighted by atomic mass is 16.1. The minimum atomic E-state index is 0.0678. The highest BCUT2D eigenvalue weighted by Gasteiger charge is 2.16. The molecule has 2 aromatic carbocycles. The van der Waals surface area contributed by atoms with Crippen molar-refractivity contribution in [2.45, 2.75) is 32.6 Å². The second kappa shape index (κ2) is 8.00. The second-order valence-corrected chi connectivity index (χ2v) is 6.77. The van der Waals surface area contributed by atoms with E-state index in [2.05, 4.69) is 41.4 Å². The molecule has 1 aliphatic heterocycles. The van der Waals surface area contributed by atoms with Crippen LogP contribution >= 0.6 is 0 Å². The molecule has 1 unspecified atom stereocenters. The van der Waals surface area contributed by atoms with Crippen molar-refractivity contribution in [2.75, 3.05) is 23.3 Å². The van der Waals surface area contributed by atoms with Crippen LogP contribution in [0.2, 0.25) is 0 Å². The molecule has 1 amide bonds. The highest BCUT2D eigenvalue weighted by Crippen LogP contribution is 2.24. The Bertz CT molecular complexity index is 651. The van der Waals surface area contributed by atoms with Crippen LogP contribution in [-0.2, 0) is 11.2 Å². The lowest BCUT2D eigenvalue weighted by Gasteiger charge is -2.32. The van der Waals surface area contributed by atoms with E-state index in [1.807, 2.05) is 30.3 Å². The summed E-state index contributed by atoms with van der Waals surface area (Å²) in [4.78, 5) is 14.5. The van der Waals surface area contributed by atoms with Gasteiger partial charge in [-0.25, -0.2) is 0 Å². The maximum atomic E-state index is 12.1. The maximum absolute atomic E-state index is 12.1. The summed E-state index contributed by atoms with van der Waals surface area (Å²) >= 11 is 0. The summed E-state index contributed by atoms with van der Waals surface area (Å²) < 4.78 is 0. The van der Waals surface area contributed by atoms with Crippen molar-refractivity contribution in [2.24, 2.45) is 5.92 Å². The Balaban J connectivity index is 1.51. The minimum Gasteiger partial charge on any atom is -0.371 e. The van der Waals surface area contributed by atoms with Crippen molar-refractivity contribution in [1.29, 1.82) is 0 Å². The van der Waals surface area contributed by atoms with Gasteiger partial charge in [-0.15, -0.1) is 0 Å². The number of nitrogens with one attached hydrogen (secondary N) is 1. The normalized spacial score (nSPS) is 17.5. The maximum Gasteiger partial charge on any atom is 0.224 e. The summed E-state index contributed by atoms with van der Waals surface area (Å²) in [7, 11) is 0. The largest absolute Gasteiger partial charge is 0.371 e. The standard InChI is InChI=1S/C21H26N2O/c1-17-6-5-15-23(16-17)20-12-10-19(11-13-20)22-21(24)14-9-18-7-3-2-4-8-18/h2-4,7-8,10-13,17H,5-6,9,14-16H2,1H3,(H,22,24). The number of anilines is 2. The number of piperidine rings is 1. The fourth-order valence-electron chi connectivity index (χ4n) is 3.31. The molecule has 0 radical (unpaired) electrons. The van der Waals surface area contributed by atoms with Crippen LogP contribution < -0.4 is 10.2 Å². The molecule has 1 aliphatic rings. The first-order valence-electron chi connectivity index (χ1n) is 8.89. The summed E-state index contributed by atoms with van der Waals surface area (Å²) in [5.74, 6) is 0.828. The fourth-order valence-corrected chi connectivity index (χ4v) is 3.31. The minimum absolute atomic E-state index is 0.0678. The van der Waals surface area contributed by atoms with Crippen LogP contribution in [0.15, 0.2) is 54.6 Å². The Morgan fingerprint density at radius 1 is 1.12 bits per heavy atom. The smallest absolute Gasteiger partial charge is 0.224 e. The number of hydrogen-bond donors (Lipinski definition) is 1. The van der Waals surface area contributed by atoms with E-state index in [4.69, 9.17) is 0 Å². The molecular formula is C21H26N2O. The van der Waals surface area contributed by atoms with Crippen molar-refractivity contribution >= 4 is 17.3 Å². The second-order valence-electron chi connectivity index (χ2n) is 6.77. The predicted molar refractivity (Wildman–Crippen MR) is 100 cm³/mol. The Hall–Kier alpha value is -2.29. The summed E-state index contributed by atoms with van der Waals surface area (Å²) in [6, 6.07) is 18.4. The summed E-state index contributed by atoms with van der Waals surface area (Å²) in [5.41, 5.74) is 3.33. The topological polar surface area (TPSA) is 32.3 Å². The van der Waals surface area contributed by atoms with Gasteiger partial charge in [0.15, 0.2) is 0 Å². The first kappa shape index (κ1) is 16.6. The van der Waals surface area contributed by atoms with E-state index >= 15 is 0 Å². The molecule has 126 valence electrons. The summed E-state index contributed by atoms with van der Waals surface area (Å²) in [6.45, 7) is 4.57. The number of amides is 1. The van der Waals surface area contributed by atoms with Crippen LogP contribution in [0.4, 0.5) is 11.4 Å². The Morgan fingerprint density at radius 2 is 1.88 bits per heavy atom. The Labute approximate surface area is 144 Å². The van der Waals surface area contributed by atoms with Crippen molar-refractivity contribution in [1.82, 2.24) is 0 Å². The van der Waals surface area contributed by atoms with Gasteiger partial charge in [0.05, 0.1) is 0 Å². The molecule has 1 N–H and O–H groups in total. The van der Waals surface area contributed by atoms with Gasteiger partial charge in [0.25, 0.3) is 0 Å². The molecule has 3 rings (SSSR count). The van der Waals surface area contributed by atoms with Crippen LogP contribution in [0.1, 0.15) is 31.7 Å². The van der Waals surface area contributed by atoms with E-state index in [-0.39, 0.29) is 5.91 Å². The molecule has 0 aromatic heterocycles. The first-order chi connectivity index (χ1) is 11.7. The number of rotatable bonds is 5. The molecule has 0 aliphatic carbocycles. The van der Waals surface area contributed by atoms with Crippen LogP contribution in [0.5, 0.6) is 0 Å². The van der Waals surface area contributed by atoms with Crippen molar-refractivity contribution in [3.05, 3.63) is 60.2 Å². The third-order valence-corrected chi connectivity index (χ3v) is 4.66. The number of hydrogen-bond acceptors (Lipinski definition) is 2. The van der Waals surface area contributed by atoms with Crippen molar-refractivity contribution in [3.8, 4) is 0 Å². The number of benzene rings is 2. The van der Waals surface area contributed by atoms with E-state index < -0.39 is 0 Å². The van der Waals surface area contributed by atoms with Gasteiger partial charge in [0, 0.05) is 30.9 Å². The predicted octanol–water partition coefficient (Wildman–Crippen LogP) is 4.49. The van der Waals surface area contributed by atoms with E-state index in [0.29, 0.717) is 6.42 Å². The molecule has 1 fully saturated rings. The zero-order chi connectivity index (χ0) is 16.8. The average molecular weight is 322 g/mol. The van der Waals surface area contributed by atoms with E-state index in [0.717, 1.165) is 31.1 Å². The SMILES string of the molecule is CC1CCCN(c2ccc(NC(=O)CCc3ccccc3)cc2)C1. The molecule has 0 saturated carbocycles. The monoisotopic (exact) mass is 322 g/mol. The number of carbonyl (C=O) groups is 1. The first-order valence-corrected chi connectivity index (χ1v) is 8.89. The van der Waals surface area contributed by atoms with Crippen molar-refractivity contribution < 1.29 is 4.79 Å². The quantitative estimate of drug-likeness (QED) is 0.879. The number of nitrogens with zero attached hydrogens (tertiary/aromatic N) is 1. The Morgan fingerprint density at radius 3 is 2.58 bits per heavy atom. The van der Waals surface area contributed by atoms with Gasteiger partial charge in [-0.1, -0.05) is 37.3 Å². The van der Waals surface area contributed by atoms with Gasteiger partial charge in [-0.05, 0) is 55.0 Å². The molecule has 24 heavy (non-hydrogen) atoms. The van der Waals surface area contributed by atoms with Gasteiger partial charge < -0.3 is 10.2 Å². The van der Waals surface area contributed by atoms with Crippen molar-refractivity contribution in [3.63, 3.8) is 0 Å². The lowest BCUT2D eigenvalue weighted by atomic mass is 10.00. The fraction of sp³-hybridized carbons (Fsp3) is 0.381. The van der Waals surface area contributed by atoms with Gasteiger partial charge in [-0.2, -0.15) is 0 Å². The molecule has 1 atom stereocenters. The lowest BCUT2D eigenvalue weighted by Crippen LogP contribution is -2.34. The van der Waals surface area contributed by atoms with E-state index in [9.17, 15) is 4.79 Å². The molecule has 0 spiro atoms. The van der Waals surface area contributed by atoms with E-state index in [1.54, 1.807) is 0 Å². The molecule has 1 saturated heterocycles. The average Bonchev–Trinajstić information content (AvgIpc) is 2.61. The van der Waals surface area contributed by atoms with Gasteiger partial charge >= 0.3 is 0 Å². The molecule has 1 heterocycles. The highest BCUT2D eigenvalue weighted by molar-refractivity contribution is 5.91. The molecule has 3 heteroatoms. The summed E-state index contributed by atoms with van der Waals surface area (Å²) in [6.07, 6.45) is 3.87. The molecule has 0 bridgehead atoms. The van der Waals surface area contributed by atoms with Crippen LogP contribution in [0.25, 0.3) is 0 Å².